The van der Waals surface area contributed by atoms with Gasteiger partial charge in [0.1, 0.15) is 11.6 Å². The number of alkyl halides is 1. The van der Waals surface area contributed by atoms with Crippen LogP contribution in [0, 0.1) is 0 Å². The highest BCUT2D eigenvalue weighted by Gasteiger charge is 2.41. The zero-order chi connectivity index (χ0) is 40.1. The average molecular weight is 929 g/mol. The number of halogens is 1. The monoisotopic (exact) mass is 928 g/mol. The van der Waals surface area contributed by atoms with Crippen LogP contribution in [-0.4, -0.2) is 98.7 Å². The molecule has 4 aliphatic carbocycles. The number of aryl methyl sites for hydroxylation is 4. The first-order valence-electron chi connectivity index (χ1n) is 21.0. The lowest BCUT2D eigenvalue weighted by atomic mass is 9.92. The van der Waals surface area contributed by atoms with Gasteiger partial charge in [0, 0.05) is 49.0 Å². The molecule has 57 heavy (non-hydrogen) atoms. The maximum absolute atomic E-state index is 12.9. The minimum atomic E-state index is -3.46. The Morgan fingerprint density at radius 1 is 0.632 bits per heavy atom. The molecule has 0 bridgehead atoms. The number of rotatable bonds is 9. The van der Waals surface area contributed by atoms with Gasteiger partial charge in [0.05, 0.1) is 10.5 Å². The van der Waals surface area contributed by atoms with E-state index in [9.17, 15) is 16.8 Å². The molecule has 2 aliphatic heterocycles. The van der Waals surface area contributed by atoms with Crippen LogP contribution < -0.4 is 5.32 Å². The fourth-order valence-electron chi connectivity index (χ4n) is 9.47. The van der Waals surface area contributed by atoms with Crippen molar-refractivity contribution in [3.8, 4) is 0 Å². The molecule has 2 aromatic carbocycles. The summed E-state index contributed by atoms with van der Waals surface area (Å²) in [6.07, 6.45) is 15.4. The van der Waals surface area contributed by atoms with Crippen LogP contribution in [0.2, 0.25) is 0 Å². The van der Waals surface area contributed by atoms with Gasteiger partial charge in [-0.05, 0) is 147 Å². The van der Waals surface area contributed by atoms with E-state index >= 15 is 0 Å². The maximum Gasteiger partial charge on any atom is 0.267 e. The molecule has 10 rings (SSSR count). The number of H-pyrrole nitrogens is 2. The van der Waals surface area contributed by atoms with Crippen molar-refractivity contribution in [3.63, 3.8) is 0 Å². The Balaban J connectivity index is 0.000000147. The third-order valence-corrected chi connectivity index (χ3v) is 16.4. The van der Waals surface area contributed by atoms with Gasteiger partial charge in [-0.25, -0.2) is 26.8 Å². The number of fused-ring (bicyclic) bond motifs is 4. The van der Waals surface area contributed by atoms with Crippen molar-refractivity contribution in [1.82, 2.24) is 40.6 Å². The predicted molar refractivity (Wildman–Crippen MR) is 230 cm³/mol. The van der Waals surface area contributed by atoms with Crippen molar-refractivity contribution in [3.05, 3.63) is 79.4 Å². The van der Waals surface area contributed by atoms with Gasteiger partial charge >= 0.3 is 0 Å². The van der Waals surface area contributed by atoms with Gasteiger partial charge in [-0.1, -0.05) is 48.6 Å². The maximum atomic E-state index is 12.9. The van der Waals surface area contributed by atoms with Crippen molar-refractivity contribution in [2.24, 2.45) is 0 Å². The number of likely N-dealkylation sites (tertiary alicyclic amines) is 1. The number of hydrogen-bond acceptors (Lipinski definition) is 10. The van der Waals surface area contributed by atoms with Gasteiger partial charge in [0.15, 0.2) is 0 Å². The summed E-state index contributed by atoms with van der Waals surface area (Å²) < 4.78 is 51.4. The Bertz CT molecular complexity index is 2280. The molecule has 3 N–H and O–H groups in total. The zero-order valence-electron chi connectivity index (χ0n) is 33.8. The largest absolute Gasteiger partial charge is 0.314 e. The van der Waals surface area contributed by atoms with E-state index < -0.39 is 19.7 Å². The van der Waals surface area contributed by atoms with E-state index in [0.29, 0.717) is 56.7 Å². The summed E-state index contributed by atoms with van der Waals surface area (Å²) in [6, 6.07) is 5.20. The summed E-state index contributed by atoms with van der Waals surface area (Å²) in [5, 5.41) is 16.1. The van der Waals surface area contributed by atoms with E-state index in [4.69, 9.17) is 0 Å². The first-order valence-corrected chi connectivity index (χ1v) is 25.3. The van der Waals surface area contributed by atoms with Crippen LogP contribution in [-0.2, 0) is 83.9 Å². The Labute approximate surface area is 351 Å². The minimum Gasteiger partial charge on any atom is -0.314 e. The Kier molecular flexibility index (Phi) is 12.0. The average Bonchev–Trinajstić information content (AvgIpc) is 3.95. The minimum absolute atomic E-state index is 0.0277. The van der Waals surface area contributed by atoms with Crippen LogP contribution in [0.1, 0.15) is 121 Å². The smallest absolute Gasteiger partial charge is 0.267 e. The number of sulfone groups is 2. The molecule has 0 saturated carbocycles. The molecule has 4 heterocycles. The molecular formula is C42H57IN8O4S2. The van der Waals surface area contributed by atoms with Gasteiger partial charge in [-0.2, -0.15) is 0 Å². The lowest BCUT2D eigenvalue weighted by Crippen LogP contribution is -2.57. The van der Waals surface area contributed by atoms with Crippen molar-refractivity contribution in [2.75, 3.05) is 26.2 Å². The molecule has 0 spiro atoms. The van der Waals surface area contributed by atoms with Crippen LogP contribution >= 0.6 is 22.6 Å². The lowest BCUT2D eigenvalue weighted by molar-refractivity contribution is 0.142. The second-order valence-electron chi connectivity index (χ2n) is 17.2. The number of aromatic nitrogens is 6. The molecule has 2 saturated heterocycles. The van der Waals surface area contributed by atoms with E-state index in [1.165, 1.54) is 107 Å². The van der Waals surface area contributed by atoms with Crippen LogP contribution in [0.4, 0.5) is 0 Å². The van der Waals surface area contributed by atoms with Gasteiger partial charge in [-0.15, -0.1) is 10.2 Å². The summed E-state index contributed by atoms with van der Waals surface area (Å²) in [7, 11) is -6.87. The molecule has 15 heteroatoms. The molecule has 6 aliphatic rings. The van der Waals surface area contributed by atoms with E-state index in [2.05, 4.69) is 103 Å². The fraction of sp³-hybridized carbons (Fsp3) is 0.619. The molecule has 0 amide bonds. The highest BCUT2D eigenvalue weighted by Crippen LogP contribution is 2.37. The quantitative estimate of drug-likeness (QED) is 0.150. The first kappa shape index (κ1) is 41.0. The molecule has 0 radical (unpaired) electrons. The molecule has 0 unspecified atom stereocenters. The van der Waals surface area contributed by atoms with Gasteiger partial charge in [0.25, 0.3) is 10.3 Å². The zero-order valence-corrected chi connectivity index (χ0v) is 37.5. The second kappa shape index (κ2) is 16.7. The van der Waals surface area contributed by atoms with E-state index in [1.807, 2.05) is 0 Å². The summed E-state index contributed by atoms with van der Waals surface area (Å²) >= 11 is 2.34. The van der Waals surface area contributed by atoms with E-state index in [1.54, 1.807) is 0 Å². The molecule has 2 aromatic heterocycles. The van der Waals surface area contributed by atoms with Crippen LogP contribution in [0.5, 0.6) is 0 Å². The molecule has 2 fully saturated rings. The summed E-state index contributed by atoms with van der Waals surface area (Å²) in [4.78, 5) is 10.9. The number of aromatic amines is 2. The number of nitrogens with one attached hydrogen (secondary N) is 3. The third-order valence-electron chi connectivity index (χ3n) is 12.6. The Hall–Kier alpha value is -2.73. The van der Waals surface area contributed by atoms with E-state index in [0.717, 1.165) is 29.6 Å². The summed E-state index contributed by atoms with van der Waals surface area (Å²) in [5.41, 5.74) is 14.6. The van der Waals surface area contributed by atoms with Crippen molar-refractivity contribution in [2.45, 2.75) is 148 Å². The standard InChI is InChI=1S/C21H28N4O2S.C18H22N4O2S.C3H7I/c1-13(2)25-11-16(12-25)28(26,27)21-22-20(23-24-21)10-19-17-7-3-5-14(17)9-15-6-4-8-18(15)19;23-25(24,13-9-19-10-13)18-20-17(21-22-18)8-16-14-5-1-3-11(14)7-12-4-2-6-15(12)16;1-3(2)4/h9,13,16H,3-8,10-12H2,1-2H3,(H,22,23,24);7,13,19H,1-6,8-10H2,(H,20,21,22);3H,1-2H3. The Morgan fingerprint density at radius 2 is 1.00 bits per heavy atom. The predicted octanol–water partition coefficient (Wildman–Crippen LogP) is 5.19. The normalized spacial score (nSPS) is 19.0. The van der Waals surface area contributed by atoms with Crippen molar-refractivity contribution in [1.29, 1.82) is 0 Å². The van der Waals surface area contributed by atoms with Gasteiger partial charge < -0.3 is 5.32 Å². The van der Waals surface area contributed by atoms with E-state index in [-0.39, 0.29) is 20.8 Å². The van der Waals surface area contributed by atoms with Gasteiger partial charge in [0.2, 0.25) is 19.7 Å². The molecule has 4 aromatic rings. The van der Waals surface area contributed by atoms with Crippen LogP contribution in [0.15, 0.2) is 22.4 Å². The van der Waals surface area contributed by atoms with Crippen molar-refractivity contribution < 1.29 is 16.8 Å². The van der Waals surface area contributed by atoms with Gasteiger partial charge in [-0.3, -0.25) is 15.1 Å². The number of nitrogens with zero attached hydrogens (tertiary/aromatic N) is 5. The highest BCUT2D eigenvalue weighted by molar-refractivity contribution is 14.1. The topological polar surface area (TPSA) is 167 Å². The lowest BCUT2D eigenvalue weighted by Gasteiger charge is -2.40. The molecule has 0 atom stereocenters. The highest BCUT2D eigenvalue weighted by atomic mass is 127. The number of hydrogen-bond donors (Lipinski definition) is 3. The second-order valence-corrected chi connectivity index (χ2v) is 23.9. The SMILES string of the molecule is CC(C)I.CC(C)N1CC(S(=O)(=O)c2n[nH]c(Cc3c4c(cc5c3CCC5)CCC4)n2)C1.O=S(=O)(c1n[nH]c(Cc2c3c(cc4c2CCC4)CCC3)n1)C1CNC1. The fourth-order valence-corrected chi connectivity index (χ4v) is 12.3. The molecular weight excluding hydrogens is 872 g/mol. The molecule has 308 valence electrons. The number of benzene rings is 2. The Morgan fingerprint density at radius 3 is 1.33 bits per heavy atom. The first-order chi connectivity index (χ1) is 27.3. The summed E-state index contributed by atoms with van der Waals surface area (Å²) in [6.45, 7) is 10.6. The van der Waals surface area contributed by atoms with Crippen molar-refractivity contribution >= 4 is 42.3 Å². The van der Waals surface area contributed by atoms with Crippen LogP contribution in [0.25, 0.3) is 0 Å². The third kappa shape index (κ3) is 8.38. The van der Waals surface area contributed by atoms with Crippen LogP contribution in [0.3, 0.4) is 0 Å². The summed E-state index contributed by atoms with van der Waals surface area (Å²) in [5.74, 6) is 1.34. The molecule has 12 nitrogen and oxygen atoms in total.